The molecule has 0 amide bonds. The van der Waals surface area contributed by atoms with Crippen LogP contribution in [0, 0.1) is 0 Å². The summed E-state index contributed by atoms with van der Waals surface area (Å²) >= 11 is 0. The van der Waals surface area contributed by atoms with E-state index < -0.39 is 0 Å². The van der Waals surface area contributed by atoms with Crippen LogP contribution < -0.4 is 10.1 Å². The number of benzene rings is 2. The van der Waals surface area contributed by atoms with Gasteiger partial charge < -0.3 is 15.2 Å². The molecule has 0 bridgehead atoms. The Balaban J connectivity index is 2.27. The Labute approximate surface area is 126 Å². The minimum Gasteiger partial charge on any atom is -0.457 e. The van der Waals surface area contributed by atoms with Crippen LogP contribution in [0.1, 0.15) is 31.0 Å². The lowest BCUT2D eigenvalue weighted by atomic mass is 10.1. The van der Waals surface area contributed by atoms with Gasteiger partial charge in [-0.2, -0.15) is 0 Å². The van der Waals surface area contributed by atoms with Gasteiger partial charge in [-0.25, -0.2) is 0 Å². The summed E-state index contributed by atoms with van der Waals surface area (Å²) in [6.07, 6.45) is 0.598. The van der Waals surface area contributed by atoms with Crippen molar-refractivity contribution in [2.45, 2.75) is 26.3 Å². The molecule has 2 N–H and O–H groups in total. The first kappa shape index (κ1) is 15.5. The second-order valence-electron chi connectivity index (χ2n) is 5.00. The lowest BCUT2D eigenvalue weighted by Crippen LogP contribution is -2.18. The van der Waals surface area contributed by atoms with Gasteiger partial charge in [0.05, 0.1) is 0 Å². The highest BCUT2D eigenvalue weighted by Gasteiger charge is 2.12. The first-order chi connectivity index (χ1) is 10.3. The van der Waals surface area contributed by atoms with Crippen LogP contribution in [0.3, 0.4) is 0 Å². The second kappa shape index (κ2) is 7.81. The molecule has 2 aromatic carbocycles. The zero-order valence-corrected chi connectivity index (χ0v) is 12.7. The van der Waals surface area contributed by atoms with Crippen molar-refractivity contribution >= 4 is 0 Å². The monoisotopic (exact) mass is 285 g/mol. The van der Waals surface area contributed by atoms with Crippen LogP contribution in [0.25, 0.3) is 0 Å². The molecule has 1 unspecified atom stereocenters. The van der Waals surface area contributed by atoms with E-state index in [-0.39, 0.29) is 12.6 Å². The third-order valence-corrected chi connectivity index (χ3v) is 3.47. The van der Waals surface area contributed by atoms with E-state index in [4.69, 9.17) is 9.84 Å². The Bertz CT molecular complexity index is 569. The maximum atomic E-state index is 9.16. The molecule has 0 heterocycles. The Hall–Kier alpha value is -1.84. The highest BCUT2D eigenvalue weighted by molar-refractivity contribution is 5.42. The van der Waals surface area contributed by atoms with Crippen LogP contribution in [0.5, 0.6) is 11.5 Å². The second-order valence-corrected chi connectivity index (χ2v) is 5.00. The zero-order valence-electron chi connectivity index (χ0n) is 12.7. The molecular formula is C18H23NO2. The van der Waals surface area contributed by atoms with Gasteiger partial charge in [0.25, 0.3) is 0 Å². The van der Waals surface area contributed by atoms with Gasteiger partial charge in [-0.3, -0.25) is 0 Å². The number of rotatable bonds is 7. The van der Waals surface area contributed by atoms with Gasteiger partial charge in [-0.05, 0) is 37.6 Å². The van der Waals surface area contributed by atoms with Crippen molar-refractivity contribution in [1.29, 1.82) is 0 Å². The number of hydrogen-bond acceptors (Lipinski definition) is 3. The summed E-state index contributed by atoms with van der Waals surface area (Å²) < 4.78 is 6.11. The summed E-state index contributed by atoms with van der Waals surface area (Å²) in [5.41, 5.74) is 2.16. The highest BCUT2D eigenvalue weighted by Crippen LogP contribution is 2.31. The minimum atomic E-state index is 0.121. The summed E-state index contributed by atoms with van der Waals surface area (Å²) in [7, 11) is 0. The Morgan fingerprint density at radius 1 is 1.05 bits per heavy atom. The molecule has 0 aliphatic rings. The molecule has 21 heavy (non-hydrogen) atoms. The van der Waals surface area contributed by atoms with E-state index in [1.807, 2.05) is 42.5 Å². The fraction of sp³-hybridized carbons (Fsp3) is 0.333. The Morgan fingerprint density at radius 2 is 1.71 bits per heavy atom. The van der Waals surface area contributed by atoms with Crippen molar-refractivity contribution in [1.82, 2.24) is 5.32 Å². The van der Waals surface area contributed by atoms with E-state index in [9.17, 15) is 0 Å². The van der Waals surface area contributed by atoms with Crippen molar-refractivity contribution in [3.05, 3.63) is 59.7 Å². The van der Waals surface area contributed by atoms with Gasteiger partial charge in [0.15, 0.2) is 0 Å². The normalized spacial score (nSPS) is 12.1. The third kappa shape index (κ3) is 4.06. The maximum absolute atomic E-state index is 9.16. The summed E-state index contributed by atoms with van der Waals surface area (Å²) in [4.78, 5) is 0. The number of nitrogens with one attached hydrogen (secondary N) is 1. The number of aliphatic hydroxyl groups is 1. The fourth-order valence-electron chi connectivity index (χ4n) is 2.40. The molecule has 0 saturated carbocycles. The van der Waals surface area contributed by atoms with E-state index in [0.717, 1.165) is 29.2 Å². The van der Waals surface area contributed by atoms with Gasteiger partial charge in [-0.1, -0.05) is 43.3 Å². The summed E-state index contributed by atoms with van der Waals surface area (Å²) in [6, 6.07) is 16.1. The molecule has 2 rings (SSSR count). The van der Waals surface area contributed by atoms with Crippen molar-refractivity contribution < 1.29 is 9.84 Å². The largest absolute Gasteiger partial charge is 0.457 e. The molecule has 0 radical (unpaired) electrons. The third-order valence-electron chi connectivity index (χ3n) is 3.47. The summed E-state index contributed by atoms with van der Waals surface area (Å²) in [6.45, 7) is 5.26. The van der Waals surface area contributed by atoms with Crippen LogP contribution in [0.15, 0.2) is 48.5 Å². The molecule has 3 nitrogen and oxygen atoms in total. The van der Waals surface area contributed by atoms with E-state index >= 15 is 0 Å². The van der Waals surface area contributed by atoms with E-state index in [0.29, 0.717) is 6.42 Å². The van der Waals surface area contributed by atoms with Crippen LogP contribution in [0.2, 0.25) is 0 Å². The molecule has 0 aromatic heterocycles. The maximum Gasteiger partial charge on any atom is 0.132 e. The highest BCUT2D eigenvalue weighted by atomic mass is 16.5. The molecule has 112 valence electrons. The van der Waals surface area contributed by atoms with Gasteiger partial charge in [0.2, 0.25) is 0 Å². The zero-order chi connectivity index (χ0) is 15.1. The number of hydrogen-bond donors (Lipinski definition) is 2. The SMILES string of the molecule is CCNC(C)c1ccccc1Oc1ccccc1CCO. The molecule has 0 fully saturated rings. The molecule has 0 aliphatic carbocycles. The average molecular weight is 285 g/mol. The average Bonchev–Trinajstić information content (AvgIpc) is 2.50. The lowest BCUT2D eigenvalue weighted by molar-refractivity contribution is 0.297. The van der Waals surface area contributed by atoms with Crippen LogP contribution in [-0.2, 0) is 6.42 Å². The molecule has 3 heteroatoms. The van der Waals surface area contributed by atoms with Crippen LogP contribution >= 0.6 is 0 Å². The van der Waals surface area contributed by atoms with Gasteiger partial charge in [0, 0.05) is 18.2 Å². The molecule has 2 aromatic rings. The first-order valence-corrected chi connectivity index (χ1v) is 7.45. The quantitative estimate of drug-likeness (QED) is 0.815. The molecule has 0 spiro atoms. The lowest BCUT2D eigenvalue weighted by Gasteiger charge is -2.18. The molecular weight excluding hydrogens is 262 g/mol. The van der Waals surface area contributed by atoms with Crippen LogP contribution in [0.4, 0.5) is 0 Å². The predicted molar refractivity (Wildman–Crippen MR) is 85.8 cm³/mol. The standard InChI is InChI=1S/C18H23NO2/c1-3-19-14(2)16-9-5-7-11-18(16)21-17-10-6-4-8-15(17)12-13-20/h4-11,14,19-20H,3,12-13H2,1-2H3. The fourth-order valence-corrected chi connectivity index (χ4v) is 2.40. The Morgan fingerprint density at radius 3 is 2.43 bits per heavy atom. The van der Waals surface area contributed by atoms with Crippen molar-refractivity contribution in [3.8, 4) is 11.5 Å². The van der Waals surface area contributed by atoms with Gasteiger partial charge >= 0.3 is 0 Å². The van der Waals surface area contributed by atoms with Gasteiger partial charge in [-0.15, -0.1) is 0 Å². The number of para-hydroxylation sites is 2. The van der Waals surface area contributed by atoms with E-state index in [1.165, 1.54) is 0 Å². The molecule has 0 aliphatic heterocycles. The van der Waals surface area contributed by atoms with Crippen LogP contribution in [-0.4, -0.2) is 18.3 Å². The summed E-state index contributed by atoms with van der Waals surface area (Å²) in [5.74, 6) is 1.67. The first-order valence-electron chi connectivity index (χ1n) is 7.45. The molecule has 0 saturated heterocycles. The smallest absolute Gasteiger partial charge is 0.132 e. The van der Waals surface area contributed by atoms with E-state index in [1.54, 1.807) is 0 Å². The minimum absolute atomic E-state index is 0.121. The number of ether oxygens (including phenoxy) is 1. The van der Waals surface area contributed by atoms with E-state index in [2.05, 4.69) is 25.2 Å². The predicted octanol–water partition coefficient (Wildman–Crippen LogP) is 3.68. The number of aliphatic hydroxyl groups excluding tert-OH is 1. The topological polar surface area (TPSA) is 41.5 Å². The molecule has 1 atom stereocenters. The van der Waals surface area contributed by atoms with Gasteiger partial charge in [0.1, 0.15) is 11.5 Å². The van der Waals surface area contributed by atoms with Crippen molar-refractivity contribution in [2.24, 2.45) is 0 Å². The summed E-state index contributed by atoms with van der Waals surface area (Å²) in [5, 5.41) is 12.6. The van der Waals surface area contributed by atoms with Crippen molar-refractivity contribution in [2.75, 3.05) is 13.2 Å². The van der Waals surface area contributed by atoms with Crippen molar-refractivity contribution in [3.63, 3.8) is 0 Å². The Kier molecular flexibility index (Phi) is 5.78.